The SMILES string of the molecule is Cc1ccc(NC(=O)[C@@H]2[C@@H]3C=C[C@]4(O3)[C@@H]2C(=O)N(CCc2ccccc2Cl)[C@@H]4C(=O)NC2CCCCC2)cc1Cl. The molecule has 2 bridgehead atoms. The molecule has 3 heterocycles. The summed E-state index contributed by atoms with van der Waals surface area (Å²) in [5, 5.41) is 7.30. The maximum Gasteiger partial charge on any atom is 0.246 e. The van der Waals surface area contributed by atoms with Crippen LogP contribution in [0.3, 0.4) is 0 Å². The number of nitrogens with one attached hydrogen (secondary N) is 2. The fourth-order valence-corrected chi connectivity index (χ4v) is 7.28. The van der Waals surface area contributed by atoms with Crippen LogP contribution in [0.15, 0.2) is 54.6 Å². The first kappa shape index (κ1) is 27.3. The summed E-state index contributed by atoms with van der Waals surface area (Å²) in [6.07, 6.45) is 8.71. The van der Waals surface area contributed by atoms with Gasteiger partial charge in [0.1, 0.15) is 11.6 Å². The van der Waals surface area contributed by atoms with Gasteiger partial charge in [0, 0.05) is 28.3 Å². The number of halogens is 2. The number of nitrogens with zero attached hydrogens (tertiary/aromatic N) is 1. The number of carbonyl (C=O) groups is 3. The van der Waals surface area contributed by atoms with E-state index in [1.807, 2.05) is 49.4 Å². The van der Waals surface area contributed by atoms with Crippen LogP contribution in [0.25, 0.3) is 0 Å². The number of likely N-dealkylation sites (tertiary alicyclic amines) is 1. The van der Waals surface area contributed by atoms with Crippen LogP contribution in [-0.2, 0) is 25.5 Å². The highest BCUT2D eigenvalue weighted by Crippen LogP contribution is 2.55. The maximum atomic E-state index is 14.1. The van der Waals surface area contributed by atoms with Crippen molar-refractivity contribution in [2.45, 2.75) is 69.2 Å². The molecule has 5 atom stereocenters. The normalized spacial score (nSPS) is 29.1. The second kappa shape index (κ2) is 10.8. The molecular formula is C31H33Cl2N3O4. The van der Waals surface area contributed by atoms with E-state index in [2.05, 4.69) is 10.6 Å². The minimum Gasteiger partial charge on any atom is -0.359 e. The zero-order valence-electron chi connectivity index (χ0n) is 22.4. The largest absolute Gasteiger partial charge is 0.359 e. The number of anilines is 1. The number of carbonyl (C=O) groups excluding carboxylic acids is 3. The Hall–Kier alpha value is -2.87. The fraction of sp³-hybridized carbons (Fsp3) is 0.452. The molecule has 2 aromatic carbocycles. The third-order valence-electron chi connectivity index (χ3n) is 8.90. The zero-order valence-corrected chi connectivity index (χ0v) is 23.9. The van der Waals surface area contributed by atoms with Crippen molar-refractivity contribution >= 4 is 46.6 Å². The van der Waals surface area contributed by atoms with Gasteiger partial charge in [-0.1, -0.05) is 78.9 Å². The smallest absolute Gasteiger partial charge is 0.246 e. The van der Waals surface area contributed by atoms with Gasteiger partial charge in [0.05, 0.1) is 17.9 Å². The maximum absolute atomic E-state index is 14.1. The van der Waals surface area contributed by atoms with Crippen LogP contribution in [0.5, 0.6) is 0 Å². The van der Waals surface area contributed by atoms with Crippen LogP contribution in [0.2, 0.25) is 10.0 Å². The van der Waals surface area contributed by atoms with Crippen LogP contribution in [0.1, 0.15) is 43.2 Å². The summed E-state index contributed by atoms with van der Waals surface area (Å²) < 4.78 is 6.45. The summed E-state index contributed by atoms with van der Waals surface area (Å²) >= 11 is 12.7. The van der Waals surface area contributed by atoms with Gasteiger partial charge in [-0.15, -0.1) is 0 Å². The summed E-state index contributed by atoms with van der Waals surface area (Å²) in [4.78, 5) is 43.4. The van der Waals surface area contributed by atoms with Crippen LogP contribution in [-0.4, -0.2) is 53.0 Å². The van der Waals surface area contributed by atoms with Gasteiger partial charge in [-0.05, 0) is 55.5 Å². The van der Waals surface area contributed by atoms with Crippen molar-refractivity contribution in [1.82, 2.24) is 10.2 Å². The van der Waals surface area contributed by atoms with Gasteiger partial charge in [-0.25, -0.2) is 0 Å². The molecule has 2 saturated heterocycles. The molecule has 3 amide bonds. The minimum absolute atomic E-state index is 0.0742. The molecule has 1 aliphatic carbocycles. The predicted molar refractivity (Wildman–Crippen MR) is 154 cm³/mol. The number of aryl methyl sites for hydroxylation is 1. The molecule has 1 spiro atoms. The third kappa shape index (κ3) is 4.72. The molecule has 0 unspecified atom stereocenters. The van der Waals surface area contributed by atoms with E-state index in [1.165, 1.54) is 6.42 Å². The van der Waals surface area contributed by atoms with E-state index in [0.29, 0.717) is 22.2 Å². The number of hydrogen-bond acceptors (Lipinski definition) is 4. The van der Waals surface area contributed by atoms with Crippen molar-refractivity contribution in [3.63, 3.8) is 0 Å². The first-order valence-corrected chi connectivity index (χ1v) is 14.8. The average molecular weight is 583 g/mol. The highest BCUT2D eigenvalue weighted by atomic mass is 35.5. The van der Waals surface area contributed by atoms with Crippen LogP contribution >= 0.6 is 23.2 Å². The van der Waals surface area contributed by atoms with E-state index in [-0.39, 0.29) is 30.3 Å². The standard InChI is InChI=1S/C31H33Cl2N3O4/c1-18-11-12-21(17-23(18)33)35-28(37)25-24-13-15-31(40-24)26(25)30(39)36(16-14-19-7-5-6-10-22(19)32)27(31)29(38)34-20-8-3-2-4-9-20/h5-7,10-13,15,17,20,24-27H,2-4,8-9,14,16H2,1H3,(H,34,38)(H,35,37)/t24-,25+,26-,27+,31-/m0/s1. The molecule has 3 aliphatic heterocycles. The second-order valence-electron chi connectivity index (χ2n) is 11.4. The van der Waals surface area contributed by atoms with Crippen molar-refractivity contribution in [2.24, 2.45) is 11.8 Å². The summed E-state index contributed by atoms with van der Waals surface area (Å²) in [6, 6.07) is 12.0. The molecule has 4 aliphatic rings. The third-order valence-corrected chi connectivity index (χ3v) is 9.67. The van der Waals surface area contributed by atoms with Crippen molar-refractivity contribution in [3.05, 3.63) is 75.8 Å². The van der Waals surface area contributed by atoms with Crippen molar-refractivity contribution in [3.8, 4) is 0 Å². The summed E-state index contributed by atoms with van der Waals surface area (Å²) in [6.45, 7) is 2.17. The quantitative estimate of drug-likeness (QED) is 0.446. The predicted octanol–water partition coefficient (Wildman–Crippen LogP) is 5.08. The molecule has 0 aromatic heterocycles. The van der Waals surface area contributed by atoms with Crippen molar-refractivity contribution in [2.75, 3.05) is 11.9 Å². The lowest BCUT2D eigenvalue weighted by Gasteiger charge is -2.34. The molecule has 40 heavy (non-hydrogen) atoms. The second-order valence-corrected chi connectivity index (χ2v) is 12.2. The van der Waals surface area contributed by atoms with E-state index >= 15 is 0 Å². The lowest BCUT2D eigenvalue weighted by molar-refractivity contribution is -0.141. The Kier molecular flexibility index (Phi) is 7.40. The minimum atomic E-state index is -1.20. The van der Waals surface area contributed by atoms with E-state index in [4.69, 9.17) is 27.9 Å². The van der Waals surface area contributed by atoms with Crippen LogP contribution in [0, 0.1) is 18.8 Å². The van der Waals surface area contributed by atoms with Gasteiger partial charge in [0.2, 0.25) is 17.7 Å². The fourth-order valence-electron chi connectivity index (χ4n) is 6.87. The number of ether oxygens (including phenoxy) is 1. The monoisotopic (exact) mass is 581 g/mol. The number of benzene rings is 2. The number of hydrogen-bond donors (Lipinski definition) is 2. The van der Waals surface area contributed by atoms with Crippen LogP contribution in [0.4, 0.5) is 5.69 Å². The zero-order chi connectivity index (χ0) is 28.0. The van der Waals surface area contributed by atoms with Crippen LogP contribution < -0.4 is 10.6 Å². The van der Waals surface area contributed by atoms with Crippen molar-refractivity contribution < 1.29 is 19.1 Å². The van der Waals surface area contributed by atoms with Gasteiger partial charge in [-0.3, -0.25) is 14.4 Å². The lowest BCUT2D eigenvalue weighted by atomic mass is 9.74. The van der Waals surface area contributed by atoms with Gasteiger partial charge in [0.25, 0.3) is 0 Å². The molecule has 9 heteroatoms. The topological polar surface area (TPSA) is 87.7 Å². The van der Waals surface area contributed by atoms with E-state index in [9.17, 15) is 14.4 Å². The van der Waals surface area contributed by atoms with E-state index in [1.54, 1.807) is 17.0 Å². The van der Waals surface area contributed by atoms with Gasteiger partial charge >= 0.3 is 0 Å². The Bertz CT molecular complexity index is 1370. The Balaban J connectivity index is 1.30. The number of amides is 3. The molecule has 210 valence electrons. The molecule has 2 aromatic rings. The van der Waals surface area contributed by atoms with Gasteiger partial charge in [0.15, 0.2) is 0 Å². The Morgan fingerprint density at radius 3 is 2.58 bits per heavy atom. The highest BCUT2D eigenvalue weighted by molar-refractivity contribution is 6.31. The molecule has 6 rings (SSSR count). The van der Waals surface area contributed by atoms with E-state index < -0.39 is 29.6 Å². The van der Waals surface area contributed by atoms with E-state index in [0.717, 1.165) is 36.8 Å². The molecule has 3 fully saturated rings. The average Bonchev–Trinajstić information content (AvgIpc) is 3.58. The highest BCUT2D eigenvalue weighted by Gasteiger charge is 2.72. The first-order valence-electron chi connectivity index (χ1n) is 14.1. The summed E-state index contributed by atoms with van der Waals surface area (Å²) in [5.41, 5.74) is 1.14. The molecule has 1 saturated carbocycles. The Labute approximate surface area is 244 Å². The Morgan fingerprint density at radius 2 is 1.82 bits per heavy atom. The molecule has 0 radical (unpaired) electrons. The van der Waals surface area contributed by atoms with Gasteiger partial charge in [-0.2, -0.15) is 0 Å². The molecular weight excluding hydrogens is 549 g/mol. The van der Waals surface area contributed by atoms with Crippen molar-refractivity contribution in [1.29, 1.82) is 0 Å². The number of fused-ring (bicyclic) bond motifs is 1. The van der Waals surface area contributed by atoms with Gasteiger partial charge < -0.3 is 20.3 Å². The Morgan fingerprint density at radius 1 is 1.05 bits per heavy atom. The summed E-state index contributed by atoms with van der Waals surface area (Å²) in [5.74, 6) is -2.37. The first-order chi connectivity index (χ1) is 19.3. The molecule has 2 N–H and O–H groups in total. The summed E-state index contributed by atoms with van der Waals surface area (Å²) in [7, 11) is 0. The lowest BCUT2D eigenvalue weighted by Crippen LogP contribution is -2.56. The number of rotatable bonds is 7. The molecule has 7 nitrogen and oxygen atoms in total.